The molecule has 0 saturated heterocycles. The molecular weight excluding hydrogens is 308 g/mol. The number of fused-ring (bicyclic) bond motifs is 3. The van der Waals surface area contributed by atoms with Gasteiger partial charge in [-0.25, -0.2) is 5.10 Å². The summed E-state index contributed by atoms with van der Waals surface area (Å²) >= 11 is 0. The molecular formula is C17H20N4O3. The molecule has 2 heterocycles. The second-order valence-electron chi connectivity index (χ2n) is 5.66. The van der Waals surface area contributed by atoms with E-state index in [2.05, 4.69) is 15.5 Å². The van der Waals surface area contributed by atoms with E-state index in [0.717, 1.165) is 22.7 Å². The summed E-state index contributed by atoms with van der Waals surface area (Å²) in [5, 5.41) is 10.9. The van der Waals surface area contributed by atoms with Crippen molar-refractivity contribution >= 4 is 27.7 Å². The zero-order valence-corrected chi connectivity index (χ0v) is 13.7. The highest BCUT2D eigenvalue weighted by Gasteiger charge is 2.22. The molecule has 7 heteroatoms. The van der Waals surface area contributed by atoms with Crippen LogP contribution in [0, 0.1) is 0 Å². The maximum atomic E-state index is 12.5. The van der Waals surface area contributed by atoms with Crippen molar-refractivity contribution in [1.82, 2.24) is 20.1 Å². The standard InChI is InChI=1S/C17H20N4O3/c1-11(16(22)18-8-5-9-24-2)21-14-7-4-3-6-12(14)13-10-19-20-17(23)15(13)21/h3-4,6-7,10-11H,5,8-9H2,1-2H3,(H,18,22)(H,20,23)/t11-/m1/s1. The van der Waals surface area contributed by atoms with Crippen molar-refractivity contribution in [2.24, 2.45) is 0 Å². The molecule has 0 aliphatic rings. The molecule has 24 heavy (non-hydrogen) atoms. The van der Waals surface area contributed by atoms with Gasteiger partial charge in [-0.15, -0.1) is 0 Å². The molecule has 0 fully saturated rings. The lowest BCUT2D eigenvalue weighted by atomic mass is 10.2. The van der Waals surface area contributed by atoms with Gasteiger partial charge in [-0.3, -0.25) is 9.59 Å². The lowest BCUT2D eigenvalue weighted by molar-refractivity contribution is -0.123. The summed E-state index contributed by atoms with van der Waals surface area (Å²) in [5.41, 5.74) is 0.999. The molecule has 3 rings (SSSR count). The summed E-state index contributed by atoms with van der Waals surface area (Å²) in [6.07, 6.45) is 2.37. The smallest absolute Gasteiger partial charge is 0.288 e. The fourth-order valence-electron chi connectivity index (χ4n) is 2.96. The molecule has 0 aliphatic carbocycles. The Morgan fingerprint density at radius 2 is 2.17 bits per heavy atom. The molecule has 0 aliphatic heterocycles. The minimum Gasteiger partial charge on any atom is -0.385 e. The van der Waals surface area contributed by atoms with Gasteiger partial charge in [0.15, 0.2) is 0 Å². The minimum atomic E-state index is -0.515. The van der Waals surface area contributed by atoms with E-state index in [4.69, 9.17) is 4.74 Å². The van der Waals surface area contributed by atoms with Crippen LogP contribution in [0.4, 0.5) is 0 Å². The lowest BCUT2D eigenvalue weighted by Gasteiger charge is -2.16. The molecule has 0 radical (unpaired) electrons. The Morgan fingerprint density at radius 1 is 1.38 bits per heavy atom. The van der Waals surface area contributed by atoms with Crippen LogP contribution in [0.25, 0.3) is 21.8 Å². The Morgan fingerprint density at radius 3 is 2.96 bits per heavy atom. The second-order valence-corrected chi connectivity index (χ2v) is 5.66. The number of nitrogens with zero attached hydrogens (tertiary/aromatic N) is 2. The van der Waals surface area contributed by atoms with E-state index in [9.17, 15) is 9.59 Å². The van der Waals surface area contributed by atoms with E-state index in [-0.39, 0.29) is 11.5 Å². The number of methoxy groups -OCH3 is 1. The SMILES string of the molecule is COCCCNC(=O)[C@@H](C)n1c2ccccc2c2cn[nH]c(=O)c21. The molecule has 2 aromatic heterocycles. The van der Waals surface area contributed by atoms with Gasteiger partial charge in [-0.1, -0.05) is 18.2 Å². The monoisotopic (exact) mass is 328 g/mol. The number of benzene rings is 1. The third-order valence-electron chi connectivity index (χ3n) is 4.12. The summed E-state index contributed by atoms with van der Waals surface area (Å²) in [7, 11) is 1.63. The number of para-hydroxylation sites is 1. The number of ether oxygens (including phenoxy) is 1. The highest BCUT2D eigenvalue weighted by molar-refractivity contribution is 6.08. The third kappa shape index (κ3) is 2.78. The predicted octanol–water partition coefficient (Wildman–Crippen LogP) is 1.59. The van der Waals surface area contributed by atoms with Gasteiger partial charge >= 0.3 is 0 Å². The van der Waals surface area contributed by atoms with Crippen molar-refractivity contribution in [2.75, 3.05) is 20.3 Å². The Kier molecular flexibility index (Phi) is 4.61. The quantitative estimate of drug-likeness (QED) is 0.673. The Bertz CT molecular complexity index is 928. The Balaban J connectivity index is 2.04. The van der Waals surface area contributed by atoms with Crippen LogP contribution in [0.1, 0.15) is 19.4 Å². The van der Waals surface area contributed by atoms with Crippen molar-refractivity contribution in [3.8, 4) is 0 Å². The molecule has 0 spiro atoms. The van der Waals surface area contributed by atoms with Crippen LogP contribution in [0.5, 0.6) is 0 Å². The first-order valence-corrected chi connectivity index (χ1v) is 7.88. The van der Waals surface area contributed by atoms with Gasteiger partial charge in [0.05, 0.1) is 11.7 Å². The number of carbonyl (C=O) groups excluding carboxylic acids is 1. The molecule has 2 N–H and O–H groups in total. The average molecular weight is 328 g/mol. The minimum absolute atomic E-state index is 0.134. The normalized spacial score (nSPS) is 12.6. The van der Waals surface area contributed by atoms with Crippen molar-refractivity contribution in [3.05, 3.63) is 40.8 Å². The summed E-state index contributed by atoms with van der Waals surface area (Å²) in [6.45, 7) is 2.92. The van der Waals surface area contributed by atoms with Crippen molar-refractivity contribution in [3.63, 3.8) is 0 Å². The molecule has 0 unspecified atom stereocenters. The molecule has 126 valence electrons. The van der Waals surface area contributed by atoms with E-state index in [1.165, 1.54) is 0 Å². The Labute approximate surface area is 138 Å². The van der Waals surface area contributed by atoms with Crippen LogP contribution in [0.2, 0.25) is 0 Å². The molecule has 7 nitrogen and oxygen atoms in total. The summed E-state index contributed by atoms with van der Waals surface area (Å²) in [5.74, 6) is -0.134. The van der Waals surface area contributed by atoms with Crippen LogP contribution < -0.4 is 10.9 Å². The van der Waals surface area contributed by atoms with E-state index >= 15 is 0 Å². The number of carbonyl (C=O) groups is 1. The lowest BCUT2D eigenvalue weighted by Crippen LogP contribution is -2.32. The molecule has 1 atom stereocenters. The van der Waals surface area contributed by atoms with Crippen LogP contribution in [-0.4, -0.2) is 40.9 Å². The fraction of sp³-hybridized carbons (Fsp3) is 0.353. The molecule has 1 amide bonds. The van der Waals surface area contributed by atoms with Crippen LogP contribution >= 0.6 is 0 Å². The first-order valence-electron chi connectivity index (χ1n) is 7.88. The van der Waals surface area contributed by atoms with Gasteiger partial charge in [0, 0.05) is 31.0 Å². The number of H-pyrrole nitrogens is 1. The summed E-state index contributed by atoms with van der Waals surface area (Å²) in [6, 6.07) is 7.12. The summed E-state index contributed by atoms with van der Waals surface area (Å²) < 4.78 is 6.75. The topological polar surface area (TPSA) is 89.0 Å². The average Bonchev–Trinajstić information content (AvgIpc) is 2.94. The van der Waals surface area contributed by atoms with Gasteiger partial charge in [0.25, 0.3) is 5.56 Å². The molecule has 3 aromatic rings. The largest absolute Gasteiger partial charge is 0.385 e. The van der Waals surface area contributed by atoms with Gasteiger partial charge < -0.3 is 14.6 Å². The van der Waals surface area contributed by atoms with E-state index in [1.54, 1.807) is 24.8 Å². The van der Waals surface area contributed by atoms with Gasteiger partial charge in [0.1, 0.15) is 11.6 Å². The predicted molar refractivity (Wildman–Crippen MR) is 92.1 cm³/mol. The van der Waals surface area contributed by atoms with Crippen molar-refractivity contribution in [1.29, 1.82) is 0 Å². The molecule has 0 saturated carbocycles. The second kappa shape index (κ2) is 6.84. The highest BCUT2D eigenvalue weighted by atomic mass is 16.5. The van der Waals surface area contributed by atoms with Crippen LogP contribution in [0.15, 0.2) is 35.3 Å². The van der Waals surface area contributed by atoms with E-state index < -0.39 is 6.04 Å². The van der Waals surface area contributed by atoms with E-state index in [1.807, 2.05) is 24.3 Å². The number of nitrogens with one attached hydrogen (secondary N) is 2. The Hall–Kier alpha value is -2.67. The molecule has 1 aromatic carbocycles. The van der Waals surface area contributed by atoms with Gasteiger partial charge in [0.2, 0.25) is 5.91 Å². The number of rotatable bonds is 6. The zero-order chi connectivity index (χ0) is 17.1. The third-order valence-corrected chi connectivity index (χ3v) is 4.12. The first kappa shape index (κ1) is 16.2. The maximum absolute atomic E-state index is 12.5. The van der Waals surface area contributed by atoms with Gasteiger partial charge in [-0.2, -0.15) is 5.10 Å². The zero-order valence-electron chi connectivity index (χ0n) is 13.7. The van der Waals surface area contributed by atoms with E-state index in [0.29, 0.717) is 18.7 Å². The number of hydrogen-bond acceptors (Lipinski definition) is 4. The van der Waals surface area contributed by atoms with Crippen molar-refractivity contribution < 1.29 is 9.53 Å². The number of aromatic amines is 1. The fourth-order valence-corrected chi connectivity index (χ4v) is 2.96. The highest BCUT2D eigenvalue weighted by Crippen LogP contribution is 2.29. The van der Waals surface area contributed by atoms with Gasteiger partial charge in [-0.05, 0) is 19.4 Å². The van der Waals surface area contributed by atoms with Crippen molar-refractivity contribution in [2.45, 2.75) is 19.4 Å². The summed E-state index contributed by atoms with van der Waals surface area (Å²) in [4.78, 5) is 24.8. The number of aromatic nitrogens is 3. The van der Waals surface area contributed by atoms with Crippen LogP contribution in [0.3, 0.4) is 0 Å². The maximum Gasteiger partial charge on any atom is 0.288 e. The number of hydrogen-bond donors (Lipinski definition) is 2. The first-order chi connectivity index (χ1) is 11.6. The van der Waals surface area contributed by atoms with Crippen LogP contribution in [-0.2, 0) is 9.53 Å². The molecule has 0 bridgehead atoms. The number of amides is 1.